The lowest BCUT2D eigenvalue weighted by Gasteiger charge is -2.19. The summed E-state index contributed by atoms with van der Waals surface area (Å²) in [5, 5.41) is 5.74. The van der Waals surface area contributed by atoms with Crippen LogP contribution >= 0.6 is 11.6 Å². The Bertz CT molecular complexity index is 804. The van der Waals surface area contributed by atoms with Gasteiger partial charge in [-0.05, 0) is 37.5 Å². The van der Waals surface area contributed by atoms with Crippen molar-refractivity contribution in [1.29, 1.82) is 0 Å². The Balaban J connectivity index is 1.51. The molecular formula is C18H20ClN3O5. The van der Waals surface area contributed by atoms with Crippen LogP contribution in [0.5, 0.6) is 0 Å². The zero-order valence-electron chi connectivity index (χ0n) is 14.8. The molecule has 1 aliphatic carbocycles. The Morgan fingerprint density at radius 2 is 2.00 bits per heavy atom. The van der Waals surface area contributed by atoms with Gasteiger partial charge in [-0.3, -0.25) is 19.3 Å². The summed E-state index contributed by atoms with van der Waals surface area (Å²) >= 11 is 5.89. The van der Waals surface area contributed by atoms with Gasteiger partial charge in [0.05, 0.1) is 0 Å². The van der Waals surface area contributed by atoms with Crippen molar-refractivity contribution in [3.63, 3.8) is 0 Å². The Hall–Kier alpha value is -2.61. The fourth-order valence-corrected chi connectivity index (χ4v) is 3.55. The fourth-order valence-electron chi connectivity index (χ4n) is 3.37. The lowest BCUT2D eigenvalue weighted by Crippen LogP contribution is -2.44. The number of benzene rings is 1. The van der Waals surface area contributed by atoms with Crippen LogP contribution in [-0.2, 0) is 19.1 Å². The average molecular weight is 394 g/mol. The second kappa shape index (κ2) is 7.56. The van der Waals surface area contributed by atoms with Crippen molar-refractivity contribution < 1.29 is 23.9 Å². The zero-order valence-corrected chi connectivity index (χ0v) is 15.6. The molecule has 9 heteroatoms. The number of carbonyl (C=O) groups is 4. The molecule has 0 aromatic heterocycles. The highest BCUT2D eigenvalue weighted by Crippen LogP contribution is 2.34. The Kier molecular flexibility index (Phi) is 5.36. The summed E-state index contributed by atoms with van der Waals surface area (Å²) < 4.78 is 4.90. The third kappa shape index (κ3) is 4.05. The van der Waals surface area contributed by atoms with E-state index in [9.17, 15) is 19.2 Å². The van der Waals surface area contributed by atoms with E-state index in [1.807, 2.05) is 0 Å². The first-order valence-electron chi connectivity index (χ1n) is 8.66. The number of esters is 1. The molecule has 1 spiro atoms. The van der Waals surface area contributed by atoms with Crippen LogP contribution in [0.25, 0.3) is 0 Å². The molecule has 1 saturated carbocycles. The number of anilines is 1. The SMILES string of the molecule is Cc1ccc(Cl)cc1NC(=O)COC(=O)CN1C(=O)NC2(CCCC2)C1=O. The van der Waals surface area contributed by atoms with E-state index in [4.69, 9.17) is 16.3 Å². The first-order valence-corrected chi connectivity index (χ1v) is 9.04. The third-order valence-electron chi connectivity index (χ3n) is 4.83. The van der Waals surface area contributed by atoms with Gasteiger partial charge in [-0.15, -0.1) is 0 Å². The van der Waals surface area contributed by atoms with Crippen LogP contribution in [-0.4, -0.2) is 47.4 Å². The monoisotopic (exact) mass is 393 g/mol. The first-order chi connectivity index (χ1) is 12.8. The van der Waals surface area contributed by atoms with E-state index >= 15 is 0 Å². The van der Waals surface area contributed by atoms with Crippen LogP contribution < -0.4 is 10.6 Å². The van der Waals surface area contributed by atoms with Gasteiger partial charge in [-0.1, -0.05) is 30.5 Å². The van der Waals surface area contributed by atoms with E-state index in [2.05, 4.69) is 10.6 Å². The largest absolute Gasteiger partial charge is 0.454 e. The van der Waals surface area contributed by atoms with Crippen LogP contribution in [0.15, 0.2) is 18.2 Å². The van der Waals surface area contributed by atoms with Gasteiger partial charge in [0.15, 0.2) is 6.61 Å². The molecule has 1 aromatic rings. The highest BCUT2D eigenvalue weighted by atomic mass is 35.5. The number of urea groups is 1. The van der Waals surface area contributed by atoms with Gasteiger partial charge in [0.25, 0.3) is 11.8 Å². The first kappa shape index (κ1) is 19.2. The predicted octanol–water partition coefficient (Wildman–Crippen LogP) is 1.99. The minimum atomic E-state index is -0.876. The number of imide groups is 1. The van der Waals surface area contributed by atoms with Crippen LogP contribution in [0.2, 0.25) is 5.02 Å². The fraction of sp³-hybridized carbons (Fsp3) is 0.444. The summed E-state index contributed by atoms with van der Waals surface area (Å²) in [4.78, 5) is 49.3. The molecule has 3 rings (SSSR count). The number of halogens is 1. The standard InChI is InChI=1S/C18H20ClN3O5/c1-11-4-5-12(19)8-13(11)20-14(23)10-27-15(24)9-22-16(25)18(21-17(22)26)6-2-3-7-18/h4-5,8H,2-3,6-7,9-10H2,1H3,(H,20,23)(H,21,26). The van der Waals surface area contributed by atoms with Gasteiger partial charge >= 0.3 is 12.0 Å². The molecule has 1 saturated heterocycles. The molecule has 0 unspecified atom stereocenters. The van der Waals surface area contributed by atoms with Crippen LogP contribution in [0.4, 0.5) is 10.5 Å². The van der Waals surface area contributed by atoms with Crippen molar-refractivity contribution in [2.24, 2.45) is 0 Å². The number of carbonyl (C=O) groups excluding carboxylic acids is 4. The lowest BCUT2D eigenvalue weighted by atomic mass is 9.98. The second-order valence-electron chi connectivity index (χ2n) is 6.78. The molecule has 2 N–H and O–H groups in total. The number of rotatable bonds is 5. The zero-order chi connectivity index (χ0) is 19.6. The van der Waals surface area contributed by atoms with E-state index in [0.29, 0.717) is 23.6 Å². The number of hydrogen-bond acceptors (Lipinski definition) is 5. The van der Waals surface area contributed by atoms with Crippen LogP contribution in [0, 0.1) is 6.92 Å². The molecule has 1 heterocycles. The summed E-state index contributed by atoms with van der Waals surface area (Å²) in [6.07, 6.45) is 2.86. The van der Waals surface area contributed by atoms with Gasteiger partial charge in [0, 0.05) is 10.7 Å². The topological polar surface area (TPSA) is 105 Å². The minimum Gasteiger partial charge on any atom is -0.454 e. The number of hydrogen-bond donors (Lipinski definition) is 2. The highest BCUT2D eigenvalue weighted by molar-refractivity contribution is 6.31. The van der Waals surface area contributed by atoms with Crippen LogP contribution in [0.1, 0.15) is 31.2 Å². The molecule has 0 atom stereocenters. The van der Waals surface area contributed by atoms with E-state index in [1.54, 1.807) is 25.1 Å². The van der Waals surface area contributed by atoms with E-state index in [1.165, 1.54) is 0 Å². The van der Waals surface area contributed by atoms with Crippen molar-refractivity contribution in [1.82, 2.24) is 10.2 Å². The summed E-state index contributed by atoms with van der Waals surface area (Å²) in [5.74, 6) is -1.77. The maximum atomic E-state index is 12.5. The molecule has 1 aliphatic heterocycles. The number of ether oxygens (including phenoxy) is 1. The van der Waals surface area contributed by atoms with Gasteiger partial charge in [-0.2, -0.15) is 0 Å². The van der Waals surface area contributed by atoms with E-state index < -0.39 is 42.5 Å². The summed E-state index contributed by atoms with van der Waals surface area (Å²) in [6, 6.07) is 4.44. The molecular weight excluding hydrogens is 374 g/mol. The predicted molar refractivity (Wildman–Crippen MR) is 97.2 cm³/mol. The number of nitrogens with zero attached hydrogens (tertiary/aromatic N) is 1. The summed E-state index contributed by atoms with van der Waals surface area (Å²) in [6.45, 7) is 0.754. The summed E-state index contributed by atoms with van der Waals surface area (Å²) in [5.41, 5.74) is 0.444. The highest BCUT2D eigenvalue weighted by Gasteiger charge is 2.52. The number of aryl methyl sites for hydroxylation is 1. The molecule has 8 nitrogen and oxygen atoms in total. The second-order valence-corrected chi connectivity index (χ2v) is 7.22. The Morgan fingerprint density at radius 1 is 1.30 bits per heavy atom. The van der Waals surface area contributed by atoms with Crippen molar-refractivity contribution in [3.8, 4) is 0 Å². The molecule has 27 heavy (non-hydrogen) atoms. The normalized spacial score (nSPS) is 17.9. The molecule has 2 aliphatic rings. The molecule has 1 aromatic carbocycles. The smallest absolute Gasteiger partial charge is 0.326 e. The number of nitrogens with one attached hydrogen (secondary N) is 2. The van der Waals surface area contributed by atoms with Gasteiger partial charge in [0.1, 0.15) is 12.1 Å². The van der Waals surface area contributed by atoms with E-state index in [0.717, 1.165) is 23.3 Å². The van der Waals surface area contributed by atoms with E-state index in [-0.39, 0.29) is 0 Å². The van der Waals surface area contributed by atoms with Crippen molar-refractivity contribution in [3.05, 3.63) is 28.8 Å². The van der Waals surface area contributed by atoms with Gasteiger partial charge < -0.3 is 15.4 Å². The molecule has 144 valence electrons. The number of amides is 4. The van der Waals surface area contributed by atoms with Crippen molar-refractivity contribution >= 4 is 41.1 Å². The molecule has 0 radical (unpaired) electrons. The minimum absolute atomic E-state index is 0.402. The van der Waals surface area contributed by atoms with Crippen molar-refractivity contribution in [2.45, 2.75) is 38.1 Å². The maximum absolute atomic E-state index is 12.5. The average Bonchev–Trinajstić information content (AvgIpc) is 3.17. The maximum Gasteiger partial charge on any atom is 0.326 e. The van der Waals surface area contributed by atoms with Crippen LogP contribution in [0.3, 0.4) is 0 Å². The molecule has 2 fully saturated rings. The quantitative estimate of drug-likeness (QED) is 0.588. The Morgan fingerprint density at radius 3 is 2.70 bits per heavy atom. The van der Waals surface area contributed by atoms with Gasteiger partial charge in [0.2, 0.25) is 0 Å². The van der Waals surface area contributed by atoms with Crippen molar-refractivity contribution in [2.75, 3.05) is 18.5 Å². The molecule has 0 bridgehead atoms. The lowest BCUT2D eigenvalue weighted by molar-refractivity contribution is -0.150. The Labute approximate surface area is 161 Å². The third-order valence-corrected chi connectivity index (χ3v) is 5.06. The molecule has 4 amide bonds. The van der Waals surface area contributed by atoms with Gasteiger partial charge in [-0.25, -0.2) is 4.79 Å². The summed E-state index contributed by atoms with van der Waals surface area (Å²) in [7, 11) is 0.